The molecule has 4 rings (SSSR count). The molecule has 1 aromatic heterocycles. The van der Waals surface area contributed by atoms with E-state index in [9.17, 15) is 14.0 Å². The van der Waals surface area contributed by atoms with E-state index in [2.05, 4.69) is 23.7 Å². The van der Waals surface area contributed by atoms with Gasteiger partial charge in [-0.05, 0) is 68.5 Å². The monoisotopic (exact) mass is 382 g/mol. The quantitative estimate of drug-likeness (QED) is 0.796. The van der Waals surface area contributed by atoms with Gasteiger partial charge in [-0.15, -0.1) is 0 Å². The Morgan fingerprint density at radius 1 is 1.29 bits per heavy atom. The van der Waals surface area contributed by atoms with E-state index in [0.717, 1.165) is 49.3 Å². The van der Waals surface area contributed by atoms with Gasteiger partial charge in [0.1, 0.15) is 5.82 Å². The van der Waals surface area contributed by atoms with E-state index < -0.39 is 0 Å². The number of aryl methyl sites for hydroxylation is 1. The van der Waals surface area contributed by atoms with Gasteiger partial charge in [0.15, 0.2) is 11.6 Å². The first-order valence-corrected chi connectivity index (χ1v) is 10.2. The second kappa shape index (κ2) is 7.63. The maximum absolute atomic E-state index is 13.2. The third-order valence-electron chi connectivity index (χ3n) is 6.46. The predicted molar refractivity (Wildman–Crippen MR) is 106 cm³/mol. The van der Waals surface area contributed by atoms with Gasteiger partial charge in [0.2, 0.25) is 0 Å². The zero-order chi connectivity index (χ0) is 19.8. The van der Waals surface area contributed by atoms with Crippen molar-refractivity contribution in [1.29, 1.82) is 0 Å². The molecule has 2 heterocycles. The normalized spacial score (nSPS) is 22.0. The summed E-state index contributed by atoms with van der Waals surface area (Å²) in [7, 11) is 0. The summed E-state index contributed by atoms with van der Waals surface area (Å²) in [5.74, 6) is 0.394. The van der Waals surface area contributed by atoms with Crippen molar-refractivity contribution >= 4 is 11.6 Å². The van der Waals surface area contributed by atoms with Crippen LogP contribution in [0, 0.1) is 24.6 Å². The number of nitrogens with one attached hydrogen (secondary N) is 1. The number of aromatic amines is 1. The summed E-state index contributed by atoms with van der Waals surface area (Å²) in [4.78, 5) is 31.3. The lowest BCUT2D eigenvalue weighted by atomic mass is 9.72. The molecule has 0 unspecified atom stereocenters. The summed E-state index contributed by atoms with van der Waals surface area (Å²) in [5.41, 5.74) is 4.90. The molecule has 0 spiro atoms. The second-order valence-electron chi connectivity index (χ2n) is 8.14. The van der Waals surface area contributed by atoms with Gasteiger partial charge < -0.3 is 9.88 Å². The zero-order valence-corrected chi connectivity index (χ0v) is 16.6. The average molecular weight is 382 g/mol. The predicted octanol–water partition coefficient (Wildman–Crippen LogP) is 3.97. The van der Waals surface area contributed by atoms with Crippen LogP contribution < -0.4 is 0 Å². The number of carbonyl (C=O) groups excluding carboxylic acids is 2. The van der Waals surface area contributed by atoms with E-state index in [1.165, 1.54) is 29.8 Å². The minimum Gasteiger partial charge on any atom is -0.362 e. The van der Waals surface area contributed by atoms with E-state index in [1.54, 1.807) is 0 Å². The molecule has 2 atom stereocenters. The lowest BCUT2D eigenvalue weighted by Gasteiger charge is -2.40. The highest BCUT2D eigenvalue weighted by Gasteiger charge is 2.41. The summed E-state index contributed by atoms with van der Waals surface area (Å²) in [5, 5.41) is 0. The number of likely N-dealkylation sites (tertiary alicyclic amines) is 1. The van der Waals surface area contributed by atoms with E-state index in [1.807, 2.05) is 0 Å². The average Bonchev–Trinajstić information content (AvgIpc) is 3.02. The van der Waals surface area contributed by atoms with Crippen molar-refractivity contribution in [3.8, 4) is 0 Å². The third-order valence-corrected chi connectivity index (χ3v) is 6.46. The number of carbonyl (C=O) groups is 2. The third kappa shape index (κ3) is 3.44. The molecule has 148 valence electrons. The number of fused-ring (bicyclic) bond motifs is 2. The number of ketones is 2. The fourth-order valence-corrected chi connectivity index (χ4v) is 4.93. The Morgan fingerprint density at radius 3 is 2.75 bits per heavy atom. The molecule has 0 amide bonds. The fourth-order valence-electron chi connectivity index (χ4n) is 4.93. The van der Waals surface area contributed by atoms with Crippen LogP contribution in [0.5, 0.6) is 0 Å². The largest absolute Gasteiger partial charge is 0.362 e. The molecule has 1 aliphatic carbocycles. The Labute approximate surface area is 165 Å². The Hall–Kier alpha value is -2.27. The molecule has 2 aliphatic rings. The Balaban J connectivity index is 1.42. The summed E-state index contributed by atoms with van der Waals surface area (Å²) in [6, 6.07) is 5.72. The number of benzene rings is 1. The minimum atomic E-state index is -0.333. The van der Waals surface area contributed by atoms with Crippen molar-refractivity contribution in [3.05, 3.63) is 58.2 Å². The van der Waals surface area contributed by atoms with Crippen LogP contribution in [0.25, 0.3) is 0 Å². The van der Waals surface area contributed by atoms with Gasteiger partial charge in [0.25, 0.3) is 0 Å². The highest BCUT2D eigenvalue weighted by Crippen LogP contribution is 2.38. The molecule has 2 aromatic rings. The van der Waals surface area contributed by atoms with Crippen molar-refractivity contribution < 1.29 is 14.0 Å². The molecule has 1 N–H and O–H groups in total. The highest BCUT2D eigenvalue weighted by molar-refractivity contribution is 6.02. The Kier molecular flexibility index (Phi) is 5.19. The molecule has 1 saturated heterocycles. The van der Waals surface area contributed by atoms with Crippen LogP contribution in [0.1, 0.15) is 57.4 Å². The van der Waals surface area contributed by atoms with Gasteiger partial charge in [-0.1, -0.05) is 6.92 Å². The number of halogens is 1. The number of hydrogen-bond donors (Lipinski definition) is 1. The molecule has 0 saturated carbocycles. The number of nitrogens with zero attached hydrogens (tertiary/aromatic N) is 1. The molecular formula is C23H27FN2O2. The van der Waals surface area contributed by atoms with Gasteiger partial charge >= 0.3 is 0 Å². The number of Topliss-reactive ketones (excluding diaryl/α,β-unsaturated/α-hetero) is 2. The lowest BCUT2D eigenvalue weighted by molar-refractivity contribution is 0.0651. The number of hydrogen-bond acceptors (Lipinski definition) is 3. The summed E-state index contributed by atoms with van der Waals surface area (Å²) >= 11 is 0. The van der Waals surface area contributed by atoms with Crippen LogP contribution >= 0.6 is 0 Å². The van der Waals surface area contributed by atoms with Crippen LogP contribution in [0.15, 0.2) is 24.3 Å². The standard InChI is InChI=1S/C23H27FN2O2/c1-3-18-14(2)25-20-12-16-8-10-26(13-19(16)23(28)22(18)20)11-9-21(27)15-4-6-17(24)7-5-15/h4-7,16,19,25H,3,8-13H2,1-2H3/t16-,19+/m0/s1. The molecule has 1 aromatic carbocycles. The number of rotatable bonds is 5. The molecule has 1 fully saturated rings. The number of piperidine rings is 1. The van der Waals surface area contributed by atoms with E-state index >= 15 is 0 Å². The summed E-state index contributed by atoms with van der Waals surface area (Å²) < 4.78 is 13.0. The van der Waals surface area contributed by atoms with Gasteiger partial charge in [-0.2, -0.15) is 0 Å². The fraction of sp³-hybridized carbons (Fsp3) is 0.478. The SMILES string of the molecule is CCc1c(C)[nH]c2c1C(=O)[C@@H]1CN(CCC(=O)c3ccc(F)cc3)CC[C@H]1C2. The molecule has 0 radical (unpaired) electrons. The molecule has 4 nitrogen and oxygen atoms in total. The van der Waals surface area contributed by atoms with Crippen molar-refractivity contribution in [1.82, 2.24) is 9.88 Å². The molecular weight excluding hydrogens is 355 g/mol. The summed E-state index contributed by atoms with van der Waals surface area (Å²) in [6.45, 7) is 6.45. The maximum Gasteiger partial charge on any atom is 0.169 e. The van der Waals surface area contributed by atoms with Gasteiger partial charge in [0, 0.05) is 47.9 Å². The van der Waals surface area contributed by atoms with Crippen LogP contribution in [-0.2, 0) is 12.8 Å². The first kappa shape index (κ1) is 19.1. The Morgan fingerprint density at radius 2 is 2.04 bits per heavy atom. The van der Waals surface area contributed by atoms with Crippen molar-refractivity contribution in [2.75, 3.05) is 19.6 Å². The zero-order valence-electron chi connectivity index (χ0n) is 16.6. The molecule has 0 bridgehead atoms. The highest BCUT2D eigenvalue weighted by atomic mass is 19.1. The van der Waals surface area contributed by atoms with Crippen LogP contribution in [0.3, 0.4) is 0 Å². The topological polar surface area (TPSA) is 53.2 Å². The van der Waals surface area contributed by atoms with Gasteiger partial charge in [0.05, 0.1) is 0 Å². The maximum atomic E-state index is 13.2. The van der Waals surface area contributed by atoms with Gasteiger partial charge in [-0.3, -0.25) is 9.59 Å². The number of aromatic nitrogens is 1. The first-order valence-electron chi connectivity index (χ1n) is 10.2. The minimum absolute atomic E-state index is 0.0221. The van der Waals surface area contributed by atoms with Gasteiger partial charge in [-0.25, -0.2) is 4.39 Å². The van der Waals surface area contributed by atoms with E-state index in [-0.39, 0.29) is 23.3 Å². The van der Waals surface area contributed by atoms with Crippen LogP contribution in [-0.4, -0.2) is 41.1 Å². The van der Waals surface area contributed by atoms with Crippen LogP contribution in [0.2, 0.25) is 0 Å². The van der Waals surface area contributed by atoms with Crippen molar-refractivity contribution in [3.63, 3.8) is 0 Å². The van der Waals surface area contributed by atoms with E-state index in [4.69, 9.17) is 0 Å². The van der Waals surface area contributed by atoms with Crippen molar-refractivity contribution in [2.45, 2.75) is 39.5 Å². The lowest BCUT2D eigenvalue weighted by Crippen LogP contribution is -2.47. The molecule has 28 heavy (non-hydrogen) atoms. The molecule has 5 heteroatoms. The van der Waals surface area contributed by atoms with E-state index in [0.29, 0.717) is 24.4 Å². The van der Waals surface area contributed by atoms with Crippen LogP contribution in [0.4, 0.5) is 4.39 Å². The Bertz CT molecular complexity index is 900. The smallest absolute Gasteiger partial charge is 0.169 e. The first-order chi connectivity index (χ1) is 13.5. The van der Waals surface area contributed by atoms with Crippen molar-refractivity contribution in [2.24, 2.45) is 11.8 Å². The molecule has 1 aliphatic heterocycles. The summed E-state index contributed by atoms with van der Waals surface area (Å²) in [6.07, 6.45) is 3.21. The number of H-pyrrole nitrogens is 1. The second-order valence-corrected chi connectivity index (χ2v) is 8.14.